The van der Waals surface area contributed by atoms with E-state index in [9.17, 15) is 4.79 Å². The van der Waals surface area contributed by atoms with Crippen molar-refractivity contribution in [2.24, 2.45) is 5.73 Å². The summed E-state index contributed by atoms with van der Waals surface area (Å²) < 4.78 is 0. The average molecular weight is 248 g/mol. The van der Waals surface area contributed by atoms with Crippen LogP contribution < -0.4 is 5.73 Å². The topological polar surface area (TPSA) is 66.6 Å². The molecule has 0 amide bonds. The van der Waals surface area contributed by atoms with E-state index in [0.717, 1.165) is 13.1 Å². The molecule has 1 aliphatic rings. The lowest BCUT2D eigenvalue weighted by molar-refractivity contribution is -0.142. The Morgan fingerprint density at radius 1 is 1.50 bits per heavy atom. The second-order valence-corrected chi connectivity index (χ2v) is 5.28. The summed E-state index contributed by atoms with van der Waals surface area (Å²) in [5.41, 5.74) is 8.60. The van der Waals surface area contributed by atoms with Gasteiger partial charge in [-0.15, -0.1) is 0 Å². The average Bonchev–Trinajstić information content (AvgIpc) is 2.68. The number of nitrogens with two attached hydrogens (primary N) is 1. The fraction of sp³-hybridized carbons (Fsp3) is 0.500. The van der Waals surface area contributed by atoms with Crippen molar-refractivity contribution in [2.75, 3.05) is 13.1 Å². The van der Waals surface area contributed by atoms with E-state index in [2.05, 4.69) is 30.9 Å². The van der Waals surface area contributed by atoms with Crippen LogP contribution in [0.4, 0.5) is 0 Å². The summed E-state index contributed by atoms with van der Waals surface area (Å²) in [6, 6.07) is 6.23. The quantitative estimate of drug-likeness (QED) is 0.846. The van der Waals surface area contributed by atoms with Gasteiger partial charge in [-0.25, -0.2) is 0 Å². The minimum Gasteiger partial charge on any atom is -0.480 e. The lowest BCUT2D eigenvalue weighted by Gasteiger charge is -2.21. The summed E-state index contributed by atoms with van der Waals surface area (Å²) in [6.45, 7) is 6.15. The Bertz CT molecular complexity index is 473. The predicted octanol–water partition coefficient (Wildman–Crippen LogP) is 1.29. The van der Waals surface area contributed by atoms with Crippen molar-refractivity contribution in [3.8, 4) is 0 Å². The molecule has 1 unspecified atom stereocenters. The summed E-state index contributed by atoms with van der Waals surface area (Å²) in [5.74, 6) is -0.897. The fourth-order valence-corrected chi connectivity index (χ4v) is 2.45. The first-order valence-electron chi connectivity index (χ1n) is 6.22. The molecule has 0 bridgehead atoms. The Labute approximate surface area is 107 Å². The molecule has 4 heteroatoms. The third kappa shape index (κ3) is 2.40. The van der Waals surface area contributed by atoms with Crippen LogP contribution in [0.15, 0.2) is 18.2 Å². The molecule has 4 nitrogen and oxygen atoms in total. The van der Waals surface area contributed by atoms with Crippen LogP contribution in [0.2, 0.25) is 0 Å². The zero-order chi connectivity index (χ0) is 13.3. The van der Waals surface area contributed by atoms with Crippen molar-refractivity contribution in [3.63, 3.8) is 0 Å². The highest BCUT2D eigenvalue weighted by molar-refractivity contribution is 5.79. The largest absolute Gasteiger partial charge is 0.480 e. The SMILES string of the molecule is Cc1cccc(CN2CCC(N)(C(=O)O)C2)c1C. The zero-order valence-electron chi connectivity index (χ0n) is 10.9. The molecule has 0 spiro atoms. The molecule has 98 valence electrons. The van der Waals surface area contributed by atoms with E-state index in [1.54, 1.807) is 0 Å². The number of nitrogens with zero attached hydrogens (tertiary/aromatic N) is 1. The van der Waals surface area contributed by atoms with Gasteiger partial charge < -0.3 is 10.8 Å². The molecule has 18 heavy (non-hydrogen) atoms. The number of carboxylic acids is 1. The van der Waals surface area contributed by atoms with Gasteiger partial charge in [0.2, 0.25) is 0 Å². The van der Waals surface area contributed by atoms with Gasteiger partial charge in [0.15, 0.2) is 0 Å². The van der Waals surface area contributed by atoms with Crippen LogP contribution in [0.3, 0.4) is 0 Å². The number of aliphatic carboxylic acids is 1. The molecular formula is C14H20N2O2. The molecule has 2 rings (SSSR count). The molecule has 1 aromatic rings. The lowest BCUT2D eigenvalue weighted by atomic mass is 10.0. The van der Waals surface area contributed by atoms with Crippen LogP contribution in [0.5, 0.6) is 0 Å². The number of carbonyl (C=O) groups is 1. The van der Waals surface area contributed by atoms with Crippen molar-refractivity contribution in [2.45, 2.75) is 32.4 Å². The minimum absolute atomic E-state index is 0.426. The lowest BCUT2D eigenvalue weighted by Crippen LogP contribution is -2.50. The van der Waals surface area contributed by atoms with Gasteiger partial charge in [-0.2, -0.15) is 0 Å². The van der Waals surface area contributed by atoms with E-state index >= 15 is 0 Å². The zero-order valence-corrected chi connectivity index (χ0v) is 10.9. The smallest absolute Gasteiger partial charge is 0.325 e. The van der Waals surface area contributed by atoms with Gasteiger partial charge in [0.05, 0.1) is 0 Å². The van der Waals surface area contributed by atoms with Gasteiger partial charge in [-0.05, 0) is 37.0 Å². The van der Waals surface area contributed by atoms with Gasteiger partial charge in [-0.3, -0.25) is 9.69 Å². The van der Waals surface area contributed by atoms with Gasteiger partial charge >= 0.3 is 5.97 Å². The van der Waals surface area contributed by atoms with Crippen LogP contribution in [0.25, 0.3) is 0 Å². The third-order valence-electron chi connectivity index (χ3n) is 3.92. The van der Waals surface area contributed by atoms with E-state index in [1.807, 2.05) is 6.07 Å². The van der Waals surface area contributed by atoms with Crippen LogP contribution >= 0.6 is 0 Å². The highest BCUT2D eigenvalue weighted by Crippen LogP contribution is 2.22. The number of likely N-dealkylation sites (tertiary alicyclic amines) is 1. The number of benzene rings is 1. The second kappa shape index (κ2) is 4.71. The first-order valence-corrected chi connectivity index (χ1v) is 6.22. The van der Waals surface area contributed by atoms with Crippen LogP contribution in [0.1, 0.15) is 23.1 Å². The Balaban J connectivity index is 2.08. The van der Waals surface area contributed by atoms with E-state index in [0.29, 0.717) is 13.0 Å². The van der Waals surface area contributed by atoms with Crippen LogP contribution in [-0.2, 0) is 11.3 Å². The molecule has 3 N–H and O–H groups in total. The molecular weight excluding hydrogens is 228 g/mol. The van der Waals surface area contributed by atoms with Crippen molar-refractivity contribution >= 4 is 5.97 Å². The minimum atomic E-state index is -1.07. The molecule has 0 aliphatic carbocycles. The van der Waals surface area contributed by atoms with Gasteiger partial charge in [-0.1, -0.05) is 18.2 Å². The molecule has 1 aliphatic heterocycles. The van der Waals surface area contributed by atoms with Crippen LogP contribution in [-0.4, -0.2) is 34.6 Å². The second-order valence-electron chi connectivity index (χ2n) is 5.28. The highest BCUT2D eigenvalue weighted by Gasteiger charge is 2.41. The van der Waals surface area contributed by atoms with Crippen molar-refractivity contribution in [1.29, 1.82) is 0 Å². The fourth-order valence-electron chi connectivity index (χ4n) is 2.45. The first-order chi connectivity index (χ1) is 8.42. The number of aryl methyl sites for hydroxylation is 1. The Kier molecular flexibility index (Phi) is 3.41. The monoisotopic (exact) mass is 248 g/mol. The standard InChI is InChI=1S/C14H20N2O2/c1-10-4-3-5-12(11(10)2)8-16-7-6-14(15,9-16)13(17)18/h3-5H,6-9,15H2,1-2H3,(H,17,18). The summed E-state index contributed by atoms with van der Waals surface area (Å²) >= 11 is 0. The van der Waals surface area contributed by atoms with E-state index in [1.165, 1.54) is 16.7 Å². The molecule has 1 fully saturated rings. The highest BCUT2D eigenvalue weighted by atomic mass is 16.4. The van der Waals surface area contributed by atoms with Crippen molar-refractivity contribution in [1.82, 2.24) is 4.90 Å². The van der Waals surface area contributed by atoms with Crippen LogP contribution in [0, 0.1) is 13.8 Å². The maximum Gasteiger partial charge on any atom is 0.325 e. The number of carboxylic acid groups (broad SMARTS) is 1. The van der Waals surface area contributed by atoms with Gasteiger partial charge in [0, 0.05) is 19.6 Å². The predicted molar refractivity (Wildman–Crippen MR) is 70.4 cm³/mol. The van der Waals surface area contributed by atoms with Crippen molar-refractivity contribution in [3.05, 3.63) is 34.9 Å². The molecule has 1 aromatic carbocycles. The molecule has 1 atom stereocenters. The molecule has 0 aromatic heterocycles. The summed E-state index contributed by atoms with van der Waals surface area (Å²) in [5, 5.41) is 9.10. The van der Waals surface area contributed by atoms with Gasteiger partial charge in [0.1, 0.15) is 5.54 Å². The van der Waals surface area contributed by atoms with Gasteiger partial charge in [0.25, 0.3) is 0 Å². The third-order valence-corrected chi connectivity index (χ3v) is 3.92. The summed E-state index contributed by atoms with van der Waals surface area (Å²) in [7, 11) is 0. The van der Waals surface area contributed by atoms with Crippen molar-refractivity contribution < 1.29 is 9.90 Å². The summed E-state index contributed by atoms with van der Waals surface area (Å²) in [6.07, 6.45) is 0.521. The maximum absolute atomic E-state index is 11.1. The molecule has 1 heterocycles. The Hall–Kier alpha value is -1.39. The number of rotatable bonds is 3. The number of hydrogen-bond acceptors (Lipinski definition) is 3. The molecule has 0 saturated carbocycles. The first kappa shape index (κ1) is 13.1. The normalized spacial score (nSPS) is 24.4. The maximum atomic E-state index is 11.1. The van der Waals surface area contributed by atoms with E-state index < -0.39 is 11.5 Å². The van der Waals surface area contributed by atoms with E-state index in [4.69, 9.17) is 10.8 Å². The molecule has 1 saturated heterocycles. The van der Waals surface area contributed by atoms with E-state index in [-0.39, 0.29) is 0 Å². The summed E-state index contributed by atoms with van der Waals surface area (Å²) in [4.78, 5) is 13.2. The number of hydrogen-bond donors (Lipinski definition) is 2. The Morgan fingerprint density at radius 2 is 2.22 bits per heavy atom. The molecule has 0 radical (unpaired) electrons. The Morgan fingerprint density at radius 3 is 2.83 bits per heavy atom.